The molecular weight excluding hydrogens is 148 g/mol. The Balaban J connectivity index is 2.89. The number of nitrogen functional groups attached to an aromatic ring is 1. The number of hydrogen-bond donors (Lipinski definition) is 2. The van der Waals surface area contributed by atoms with Crippen molar-refractivity contribution in [3.8, 4) is 0 Å². The second-order valence-corrected chi connectivity index (χ2v) is 2.93. The van der Waals surface area contributed by atoms with Crippen LogP contribution in [-0.2, 0) is 12.8 Å². The Hall–Kier alpha value is -1.02. The highest BCUT2D eigenvalue weighted by Crippen LogP contribution is 2.14. The fourth-order valence-electron chi connectivity index (χ4n) is 1.29. The van der Waals surface area contributed by atoms with Crippen LogP contribution in [0.3, 0.4) is 0 Å². The molecule has 0 aliphatic rings. The molecule has 0 saturated carbocycles. The molecule has 0 heterocycles. The Bertz CT molecular complexity index is 256. The van der Waals surface area contributed by atoms with Gasteiger partial charge in [0.2, 0.25) is 0 Å². The van der Waals surface area contributed by atoms with E-state index in [2.05, 4.69) is 13.0 Å². The third kappa shape index (κ3) is 1.98. The lowest BCUT2D eigenvalue weighted by molar-refractivity contribution is 0.963. The summed E-state index contributed by atoms with van der Waals surface area (Å²) in [4.78, 5) is 0. The highest BCUT2D eigenvalue weighted by molar-refractivity contribution is 5.48. The van der Waals surface area contributed by atoms with Gasteiger partial charge in [-0.25, -0.2) is 0 Å². The molecule has 0 aliphatic heterocycles. The quantitative estimate of drug-likeness (QED) is 0.662. The highest BCUT2D eigenvalue weighted by Gasteiger charge is 1.97. The van der Waals surface area contributed by atoms with E-state index >= 15 is 0 Å². The van der Waals surface area contributed by atoms with Gasteiger partial charge in [-0.1, -0.05) is 19.1 Å². The van der Waals surface area contributed by atoms with E-state index < -0.39 is 0 Å². The first-order valence-corrected chi connectivity index (χ1v) is 4.35. The molecule has 0 atom stereocenters. The van der Waals surface area contributed by atoms with Crippen molar-refractivity contribution in [1.29, 1.82) is 0 Å². The number of nitrogens with two attached hydrogens (primary N) is 2. The van der Waals surface area contributed by atoms with Crippen LogP contribution in [0, 0.1) is 0 Å². The van der Waals surface area contributed by atoms with Gasteiger partial charge in [-0.05, 0) is 36.6 Å². The predicted octanol–water partition coefficient (Wildman–Crippen LogP) is 1.33. The van der Waals surface area contributed by atoms with Crippen LogP contribution in [0.25, 0.3) is 0 Å². The summed E-state index contributed by atoms with van der Waals surface area (Å²) >= 11 is 0. The van der Waals surface area contributed by atoms with Gasteiger partial charge >= 0.3 is 0 Å². The standard InChI is InChI=1S/C10H16N2/c1-2-9-7-8(5-6-11)3-4-10(9)12/h3-4,7H,2,5-6,11-12H2,1H3. The molecule has 12 heavy (non-hydrogen) atoms. The minimum absolute atomic E-state index is 0.701. The molecule has 0 radical (unpaired) electrons. The first-order valence-electron chi connectivity index (χ1n) is 4.35. The van der Waals surface area contributed by atoms with Gasteiger partial charge in [-0.2, -0.15) is 0 Å². The van der Waals surface area contributed by atoms with Crippen LogP contribution in [-0.4, -0.2) is 6.54 Å². The van der Waals surface area contributed by atoms with Gasteiger partial charge in [0.1, 0.15) is 0 Å². The molecule has 0 unspecified atom stereocenters. The summed E-state index contributed by atoms with van der Waals surface area (Å²) in [6, 6.07) is 6.15. The lowest BCUT2D eigenvalue weighted by Gasteiger charge is -2.05. The van der Waals surface area contributed by atoms with Gasteiger partial charge in [0.25, 0.3) is 0 Å². The van der Waals surface area contributed by atoms with E-state index in [-0.39, 0.29) is 0 Å². The van der Waals surface area contributed by atoms with Crippen LogP contribution in [0.4, 0.5) is 5.69 Å². The average molecular weight is 164 g/mol. The zero-order chi connectivity index (χ0) is 8.97. The minimum atomic E-state index is 0.701. The Kier molecular flexibility index (Phi) is 3.11. The van der Waals surface area contributed by atoms with Crippen LogP contribution in [0.1, 0.15) is 18.1 Å². The van der Waals surface area contributed by atoms with Gasteiger partial charge in [0.05, 0.1) is 0 Å². The summed E-state index contributed by atoms with van der Waals surface area (Å²) in [6.45, 7) is 2.81. The maximum atomic E-state index is 5.76. The molecule has 1 rings (SSSR count). The van der Waals surface area contributed by atoms with E-state index in [0.29, 0.717) is 6.54 Å². The largest absolute Gasteiger partial charge is 0.399 e. The average Bonchev–Trinajstić information content (AvgIpc) is 2.09. The predicted molar refractivity (Wildman–Crippen MR) is 53.0 cm³/mol. The Morgan fingerprint density at radius 1 is 1.33 bits per heavy atom. The molecule has 2 nitrogen and oxygen atoms in total. The second kappa shape index (κ2) is 4.12. The van der Waals surface area contributed by atoms with Crippen LogP contribution in [0.5, 0.6) is 0 Å². The SMILES string of the molecule is CCc1cc(CCN)ccc1N. The highest BCUT2D eigenvalue weighted by atomic mass is 14.6. The van der Waals surface area contributed by atoms with Gasteiger partial charge in [-0.15, -0.1) is 0 Å². The van der Waals surface area contributed by atoms with Crippen LogP contribution >= 0.6 is 0 Å². The number of hydrogen-bond acceptors (Lipinski definition) is 2. The van der Waals surface area contributed by atoms with Crippen LogP contribution in [0.2, 0.25) is 0 Å². The van der Waals surface area contributed by atoms with Crippen molar-refractivity contribution in [2.45, 2.75) is 19.8 Å². The maximum absolute atomic E-state index is 5.76. The normalized spacial score (nSPS) is 10.2. The van der Waals surface area contributed by atoms with Gasteiger partial charge in [0, 0.05) is 5.69 Å². The molecule has 0 aliphatic carbocycles. The lowest BCUT2D eigenvalue weighted by atomic mass is 10.0. The summed E-state index contributed by atoms with van der Waals surface area (Å²) in [5, 5.41) is 0. The summed E-state index contributed by atoms with van der Waals surface area (Å²) < 4.78 is 0. The zero-order valence-electron chi connectivity index (χ0n) is 7.51. The number of rotatable bonds is 3. The molecule has 1 aromatic carbocycles. The summed E-state index contributed by atoms with van der Waals surface area (Å²) in [5.41, 5.74) is 14.6. The van der Waals surface area contributed by atoms with E-state index in [1.54, 1.807) is 0 Å². The molecule has 66 valence electrons. The summed E-state index contributed by atoms with van der Waals surface area (Å²) in [7, 11) is 0. The molecule has 0 bridgehead atoms. The molecule has 0 fully saturated rings. The van der Waals surface area contributed by atoms with E-state index in [9.17, 15) is 0 Å². The molecule has 4 N–H and O–H groups in total. The van der Waals surface area contributed by atoms with Crippen LogP contribution < -0.4 is 11.5 Å². The fourth-order valence-corrected chi connectivity index (χ4v) is 1.29. The van der Waals surface area contributed by atoms with Crippen LogP contribution in [0.15, 0.2) is 18.2 Å². The molecule has 2 heteroatoms. The van der Waals surface area contributed by atoms with Crippen molar-refractivity contribution < 1.29 is 0 Å². The van der Waals surface area contributed by atoms with Gasteiger partial charge < -0.3 is 11.5 Å². The minimum Gasteiger partial charge on any atom is -0.399 e. The summed E-state index contributed by atoms with van der Waals surface area (Å²) in [5.74, 6) is 0. The van der Waals surface area contributed by atoms with Crippen molar-refractivity contribution >= 4 is 5.69 Å². The van der Waals surface area contributed by atoms with Crippen molar-refractivity contribution in [3.63, 3.8) is 0 Å². The fraction of sp³-hybridized carbons (Fsp3) is 0.400. The third-order valence-corrected chi connectivity index (χ3v) is 2.02. The van der Waals surface area contributed by atoms with Crippen molar-refractivity contribution in [2.75, 3.05) is 12.3 Å². The maximum Gasteiger partial charge on any atom is 0.0346 e. The molecule has 0 aromatic heterocycles. The van der Waals surface area contributed by atoms with Crippen molar-refractivity contribution in [2.24, 2.45) is 5.73 Å². The van der Waals surface area contributed by atoms with Crippen molar-refractivity contribution in [3.05, 3.63) is 29.3 Å². The topological polar surface area (TPSA) is 52.0 Å². The molecule has 1 aromatic rings. The number of aryl methyl sites for hydroxylation is 1. The van der Waals surface area contributed by atoms with Crippen molar-refractivity contribution in [1.82, 2.24) is 0 Å². The van der Waals surface area contributed by atoms with E-state index in [1.807, 2.05) is 12.1 Å². The molecule has 0 amide bonds. The smallest absolute Gasteiger partial charge is 0.0346 e. The van der Waals surface area contributed by atoms with Gasteiger partial charge in [0.15, 0.2) is 0 Å². The third-order valence-electron chi connectivity index (χ3n) is 2.02. The Morgan fingerprint density at radius 3 is 2.67 bits per heavy atom. The first-order chi connectivity index (χ1) is 5.77. The molecular formula is C10H16N2. The Morgan fingerprint density at radius 2 is 2.08 bits per heavy atom. The Labute approximate surface area is 73.6 Å². The first kappa shape index (κ1) is 9.07. The van der Waals surface area contributed by atoms with Gasteiger partial charge in [-0.3, -0.25) is 0 Å². The molecule has 0 saturated heterocycles. The van der Waals surface area contributed by atoms with E-state index in [1.165, 1.54) is 11.1 Å². The summed E-state index contributed by atoms with van der Waals surface area (Å²) in [6.07, 6.45) is 1.93. The number of anilines is 1. The number of benzene rings is 1. The monoisotopic (exact) mass is 164 g/mol. The lowest BCUT2D eigenvalue weighted by Crippen LogP contribution is -2.03. The van der Waals surface area contributed by atoms with E-state index in [0.717, 1.165) is 18.5 Å². The second-order valence-electron chi connectivity index (χ2n) is 2.93. The van der Waals surface area contributed by atoms with E-state index in [4.69, 9.17) is 11.5 Å². The zero-order valence-corrected chi connectivity index (χ0v) is 7.51. The molecule has 0 spiro atoms.